The van der Waals surface area contributed by atoms with E-state index in [1.165, 1.54) is 26.1 Å². The van der Waals surface area contributed by atoms with Gasteiger partial charge >= 0.3 is 5.97 Å². The second kappa shape index (κ2) is 5.69. The van der Waals surface area contributed by atoms with Crippen molar-refractivity contribution in [3.8, 4) is 0 Å². The SMILES string of the molecule is CC(C(=O)O)N(C)S(=O)(=O)c1ccc2c(cnn2C(C)C)c1. The van der Waals surface area contributed by atoms with Crippen LogP contribution in [-0.4, -0.2) is 46.7 Å². The molecule has 1 aromatic carbocycles. The highest BCUT2D eigenvalue weighted by molar-refractivity contribution is 7.89. The van der Waals surface area contributed by atoms with E-state index in [2.05, 4.69) is 5.10 Å². The number of aromatic nitrogens is 2. The molecule has 1 N–H and O–H groups in total. The van der Waals surface area contributed by atoms with Crippen molar-refractivity contribution < 1.29 is 18.3 Å². The Labute approximate surface area is 129 Å². The first-order chi connectivity index (χ1) is 10.2. The minimum atomic E-state index is -3.87. The molecule has 0 saturated carbocycles. The highest BCUT2D eigenvalue weighted by atomic mass is 32.2. The molecule has 2 aromatic rings. The predicted octanol–water partition coefficient (Wildman–Crippen LogP) is 1.71. The first kappa shape index (κ1) is 16.4. The van der Waals surface area contributed by atoms with Gasteiger partial charge in [0.2, 0.25) is 10.0 Å². The van der Waals surface area contributed by atoms with Crippen LogP contribution in [0.3, 0.4) is 0 Å². The Hall–Kier alpha value is -1.93. The van der Waals surface area contributed by atoms with Gasteiger partial charge in [0.25, 0.3) is 0 Å². The maximum absolute atomic E-state index is 12.5. The number of carboxylic acid groups (broad SMARTS) is 1. The average Bonchev–Trinajstić information content (AvgIpc) is 2.88. The summed E-state index contributed by atoms with van der Waals surface area (Å²) in [5, 5.41) is 13.9. The summed E-state index contributed by atoms with van der Waals surface area (Å²) in [6, 6.07) is 3.70. The van der Waals surface area contributed by atoms with Crippen molar-refractivity contribution >= 4 is 26.9 Å². The number of carboxylic acids is 1. The van der Waals surface area contributed by atoms with E-state index in [-0.39, 0.29) is 10.9 Å². The largest absolute Gasteiger partial charge is 0.480 e. The molecule has 0 aliphatic carbocycles. The van der Waals surface area contributed by atoms with Crippen molar-refractivity contribution in [2.75, 3.05) is 7.05 Å². The third-order valence-electron chi connectivity index (χ3n) is 3.64. The molecular formula is C14H19N3O4S. The lowest BCUT2D eigenvalue weighted by atomic mass is 10.2. The van der Waals surface area contributed by atoms with Crippen molar-refractivity contribution in [1.29, 1.82) is 0 Å². The Morgan fingerprint density at radius 3 is 2.50 bits per heavy atom. The van der Waals surface area contributed by atoms with Crippen LogP contribution in [-0.2, 0) is 14.8 Å². The molecule has 0 bridgehead atoms. The van der Waals surface area contributed by atoms with Gasteiger partial charge in [-0.1, -0.05) is 0 Å². The third kappa shape index (κ3) is 2.71. The van der Waals surface area contributed by atoms with E-state index in [0.29, 0.717) is 5.39 Å². The molecule has 1 aromatic heterocycles. The minimum Gasteiger partial charge on any atom is -0.480 e. The molecule has 0 radical (unpaired) electrons. The topological polar surface area (TPSA) is 92.5 Å². The number of likely N-dealkylation sites (N-methyl/N-ethyl adjacent to an activating group) is 1. The van der Waals surface area contributed by atoms with Gasteiger partial charge in [-0.2, -0.15) is 9.40 Å². The molecule has 1 heterocycles. The molecule has 22 heavy (non-hydrogen) atoms. The molecular weight excluding hydrogens is 306 g/mol. The zero-order chi connectivity index (χ0) is 16.7. The summed E-state index contributed by atoms with van der Waals surface area (Å²) in [4.78, 5) is 11.0. The standard InChI is InChI=1S/C14H19N3O4S/c1-9(2)17-13-6-5-12(7-11(13)8-15-17)22(20,21)16(4)10(3)14(18)19/h5-10H,1-4H3,(H,18,19). The fourth-order valence-corrected chi connectivity index (χ4v) is 3.49. The van der Waals surface area contributed by atoms with Crippen LogP contribution in [0.1, 0.15) is 26.8 Å². The maximum atomic E-state index is 12.5. The van der Waals surface area contributed by atoms with Crippen molar-refractivity contribution in [1.82, 2.24) is 14.1 Å². The van der Waals surface area contributed by atoms with Crippen LogP contribution in [0, 0.1) is 0 Å². The number of aliphatic carboxylic acids is 1. The predicted molar refractivity (Wildman–Crippen MR) is 82.2 cm³/mol. The first-order valence-electron chi connectivity index (χ1n) is 6.84. The maximum Gasteiger partial charge on any atom is 0.321 e. The molecule has 0 saturated heterocycles. The average molecular weight is 325 g/mol. The normalized spacial score (nSPS) is 13.9. The summed E-state index contributed by atoms with van der Waals surface area (Å²) >= 11 is 0. The van der Waals surface area contributed by atoms with E-state index >= 15 is 0 Å². The third-order valence-corrected chi connectivity index (χ3v) is 5.56. The molecule has 0 fully saturated rings. The number of carbonyl (C=O) groups is 1. The molecule has 0 aliphatic rings. The number of nitrogens with zero attached hydrogens (tertiary/aromatic N) is 3. The van der Waals surface area contributed by atoms with E-state index < -0.39 is 22.0 Å². The second-order valence-electron chi connectivity index (χ2n) is 5.44. The molecule has 7 nitrogen and oxygen atoms in total. The molecule has 120 valence electrons. The Kier molecular flexibility index (Phi) is 4.25. The molecule has 0 amide bonds. The van der Waals surface area contributed by atoms with E-state index in [1.54, 1.807) is 16.9 Å². The van der Waals surface area contributed by atoms with E-state index in [9.17, 15) is 13.2 Å². The van der Waals surface area contributed by atoms with Gasteiger partial charge in [0, 0.05) is 18.5 Å². The van der Waals surface area contributed by atoms with Crippen LogP contribution in [0.4, 0.5) is 0 Å². The smallest absolute Gasteiger partial charge is 0.321 e. The van der Waals surface area contributed by atoms with Crippen molar-refractivity contribution in [2.24, 2.45) is 0 Å². The first-order valence-corrected chi connectivity index (χ1v) is 8.28. The Morgan fingerprint density at radius 1 is 1.32 bits per heavy atom. The lowest BCUT2D eigenvalue weighted by Crippen LogP contribution is -2.40. The van der Waals surface area contributed by atoms with Gasteiger partial charge in [0.05, 0.1) is 16.6 Å². The van der Waals surface area contributed by atoms with Gasteiger partial charge in [0.15, 0.2) is 0 Å². The lowest BCUT2D eigenvalue weighted by molar-refractivity contribution is -0.140. The van der Waals surface area contributed by atoms with Crippen molar-refractivity contribution in [2.45, 2.75) is 37.8 Å². The zero-order valence-corrected chi connectivity index (χ0v) is 13.7. The number of benzene rings is 1. The van der Waals surface area contributed by atoms with Gasteiger partial charge < -0.3 is 5.11 Å². The van der Waals surface area contributed by atoms with Gasteiger partial charge in [-0.25, -0.2) is 8.42 Å². The fraction of sp³-hybridized carbons (Fsp3) is 0.429. The Bertz CT molecular complexity index is 811. The quantitative estimate of drug-likeness (QED) is 0.903. The van der Waals surface area contributed by atoms with Crippen LogP contribution in [0.2, 0.25) is 0 Å². The van der Waals surface area contributed by atoms with Crippen molar-refractivity contribution in [3.05, 3.63) is 24.4 Å². The fourth-order valence-electron chi connectivity index (χ4n) is 2.13. The van der Waals surface area contributed by atoms with E-state index in [0.717, 1.165) is 9.82 Å². The van der Waals surface area contributed by atoms with Gasteiger partial charge in [-0.05, 0) is 39.0 Å². The van der Waals surface area contributed by atoms with Crippen LogP contribution in [0.5, 0.6) is 0 Å². The van der Waals surface area contributed by atoms with E-state index in [4.69, 9.17) is 5.11 Å². The molecule has 0 aliphatic heterocycles. The molecule has 8 heteroatoms. The zero-order valence-electron chi connectivity index (χ0n) is 12.9. The molecule has 1 unspecified atom stereocenters. The summed E-state index contributed by atoms with van der Waals surface area (Å²) in [7, 11) is -2.61. The van der Waals surface area contributed by atoms with Crippen LogP contribution in [0.15, 0.2) is 29.3 Å². The summed E-state index contributed by atoms with van der Waals surface area (Å²) in [5.41, 5.74) is 0.836. The van der Waals surface area contributed by atoms with Gasteiger partial charge in [-0.15, -0.1) is 0 Å². The Balaban J connectivity index is 2.48. The highest BCUT2D eigenvalue weighted by Gasteiger charge is 2.29. The highest BCUT2D eigenvalue weighted by Crippen LogP contribution is 2.24. The number of sulfonamides is 1. The van der Waals surface area contributed by atoms with E-state index in [1.807, 2.05) is 13.8 Å². The van der Waals surface area contributed by atoms with Crippen LogP contribution < -0.4 is 0 Å². The number of hydrogen-bond acceptors (Lipinski definition) is 4. The molecule has 2 rings (SSSR count). The van der Waals surface area contributed by atoms with Crippen LogP contribution in [0.25, 0.3) is 10.9 Å². The summed E-state index contributed by atoms with van der Waals surface area (Å²) < 4.78 is 27.6. The number of rotatable bonds is 5. The summed E-state index contributed by atoms with van der Waals surface area (Å²) in [5.74, 6) is -1.19. The van der Waals surface area contributed by atoms with Crippen LogP contribution >= 0.6 is 0 Å². The number of hydrogen-bond donors (Lipinski definition) is 1. The molecule has 0 spiro atoms. The van der Waals surface area contributed by atoms with Crippen molar-refractivity contribution in [3.63, 3.8) is 0 Å². The monoisotopic (exact) mass is 325 g/mol. The van der Waals surface area contributed by atoms with Gasteiger partial charge in [0.1, 0.15) is 6.04 Å². The second-order valence-corrected chi connectivity index (χ2v) is 7.44. The molecule has 1 atom stereocenters. The Morgan fingerprint density at radius 2 is 1.95 bits per heavy atom. The summed E-state index contributed by atoms with van der Waals surface area (Å²) in [6.45, 7) is 5.30. The van der Waals surface area contributed by atoms with Gasteiger partial charge in [-0.3, -0.25) is 9.48 Å². The summed E-state index contributed by atoms with van der Waals surface area (Å²) in [6.07, 6.45) is 1.61. The lowest BCUT2D eigenvalue weighted by Gasteiger charge is -2.21. The minimum absolute atomic E-state index is 0.0545. The number of fused-ring (bicyclic) bond motifs is 1.